The molecule has 1 aromatic rings. The zero-order valence-electron chi connectivity index (χ0n) is 11.5. The summed E-state index contributed by atoms with van der Waals surface area (Å²) in [5.41, 5.74) is 4.03. The van der Waals surface area contributed by atoms with Crippen LogP contribution in [0.25, 0.3) is 0 Å². The lowest BCUT2D eigenvalue weighted by atomic mass is 9.79. The summed E-state index contributed by atoms with van der Waals surface area (Å²) in [5, 5.41) is 0. The highest BCUT2D eigenvalue weighted by atomic mass is 32.2. The van der Waals surface area contributed by atoms with Crippen molar-refractivity contribution in [1.29, 1.82) is 0 Å². The molecule has 1 spiro atoms. The number of benzene rings is 1. The van der Waals surface area contributed by atoms with Crippen molar-refractivity contribution in [1.82, 2.24) is 5.43 Å². The molecule has 110 valence electrons. The van der Waals surface area contributed by atoms with Gasteiger partial charge in [0.25, 0.3) is 0 Å². The highest BCUT2D eigenvalue weighted by Crippen LogP contribution is 2.43. The van der Waals surface area contributed by atoms with Gasteiger partial charge in [0, 0.05) is 18.4 Å². The van der Waals surface area contributed by atoms with Gasteiger partial charge in [-0.15, -0.1) is 0 Å². The van der Waals surface area contributed by atoms with Gasteiger partial charge in [-0.25, -0.2) is 4.39 Å². The van der Waals surface area contributed by atoms with E-state index in [0.29, 0.717) is 5.92 Å². The minimum atomic E-state index is -0.208. The van der Waals surface area contributed by atoms with Crippen LogP contribution in [0.1, 0.15) is 30.9 Å². The van der Waals surface area contributed by atoms with Crippen molar-refractivity contribution in [3.05, 3.63) is 35.6 Å². The van der Waals surface area contributed by atoms with E-state index in [9.17, 15) is 4.39 Å². The quantitative estimate of drug-likeness (QED) is 0.665. The molecule has 3 nitrogen and oxygen atoms in total. The molecule has 2 heterocycles. The second-order valence-corrected chi connectivity index (χ2v) is 6.89. The molecule has 20 heavy (non-hydrogen) atoms. The van der Waals surface area contributed by atoms with Gasteiger partial charge < -0.3 is 4.74 Å². The summed E-state index contributed by atoms with van der Waals surface area (Å²) >= 11 is 1.97. The van der Waals surface area contributed by atoms with Gasteiger partial charge in [-0.1, -0.05) is 12.1 Å². The van der Waals surface area contributed by atoms with Crippen LogP contribution in [-0.4, -0.2) is 23.7 Å². The van der Waals surface area contributed by atoms with Crippen LogP contribution in [0.3, 0.4) is 0 Å². The fourth-order valence-electron chi connectivity index (χ4n) is 3.39. The number of ether oxygens (including phenoxy) is 1. The first-order chi connectivity index (χ1) is 9.72. The van der Waals surface area contributed by atoms with Gasteiger partial charge in [-0.2, -0.15) is 11.8 Å². The Hall–Kier alpha value is -0.620. The van der Waals surface area contributed by atoms with E-state index in [4.69, 9.17) is 10.6 Å². The molecule has 3 atom stereocenters. The summed E-state index contributed by atoms with van der Waals surface area (Å²) in [5.74, 6) is 8.28. The number of hydrazine groups is 1. The van der Waals surface area contributed by atoms with Gasteiger partial charge in [0.1, 0.15) is 5.82 Å². The third-order valence-corrected chi connectivity index (χ3v) is 5.70. The molecule has 2 saturated heterocycles. The first kappa shape index (κ1) is 14.3. The average Bonchev–Trinajstić information content (AvgIpc) is 2.90. The molecule has 3 unspecified atom stereocenters. The van der Waals surface area contributed by atoms with Crippen molar-refractivity contribution in [2.24, 2.45) is 11.8 Å². The molecule has 5 heteroatoms. The lowest BCUT2D eigenvalue weighted by molar-refractivity contribution is -0.0854. The van der Waals surface area contributed by atoms with E-state index in [2.05, 4.69) is 5.43 Å². The summed E-state index contributed by atoms with van der Waals surface area (Å²) in [6, 6.07) is 6.72. The molecule has 0 saturated carbocycles. The maximum Gasteiger partial charge on any atom is 0.123 e. The lowest BCUT2D eigenvalue weighted by Gasteiger charge is -2.40. The van der Waals surface area contributed by atoms with E-state index in [1.165, 1.54) is 17.9 Å². The van der Waals surface area contributed by atoms with Gasteiger partial charge in [0.15, 0.2) is 0 Å². The van der Waals surface area contributed by atoms with Crippen LogP contribution in [-0.2, 0) is 4.74 Å². The number of nitrogens with two attached hydrogens (primary N) is 1. The van der Waals surface area contributed by atoms with Gasteiger partial charge in [0.05, 0.1) is 5.60 Å². The summed E-state index contributed by atoms with van der Waals surface area (Å²) < 4.78 is 19.1. The zero-order valence-corrected chi connectivity index (χ0v) is 12.3. The molecule has 0 aliphatic carbocycles. The van der Waals surface area contributed by atoms with Crippen molar-refractivity contribution in [2.75, 3.05) is 18.1 Å². The molecule has 2 fully saturated rings. The van der Waals surface area contributed by atoms with Crippen LogP contribution in [0.2, 0.25) is 0 Å². The minimum Gasteiger partial charge on any atom is -0.374 e. The molecule has 2 aliphatic rings. The van der Waals surface area contributed by atoms with Crippen LogP contribution in [0, 0.1) is 11.7 Å². The Morgan fingerprint density at radius 3 is 2.85 bits per heavy atom. The van der Waals surface area contributed by atoms with E-state index in [0.717, 1.165) is 37.2 Å². The van der Waals surface area contributed by atoms with Crippen LogP contribution in [0.4, 0.5) is 4.39 Å². The number of hydrogen-bond acceptors (Lipinski definition) is 4. The third-order valence-electron chi connectivity index (χ3n) is 4.48. The maximum absolute atomic E-state index is 13.1. The van der Waals surface area contributed by atoms with Gasteiger partial charge >= 0.3 is 0 Å². The predicted molar refractivity (Wildman–Crippen MR) is 79.8 cm³/mol. The highest BCUT2D eigenvalue weighted by Gasteiger charge is 2.42. The largest absolute Gasteiger partial charge is 0.374 e. The molecule has 3 N–H and O–H groups in total. The first-order valence-corrected chi connectivity index (χ1v) is 8.31. The Morgan fingerprint density at radius 2 is 2.20 bits per heavy atom. The zero-order chi connectivity index (χ0) is 14.0. The molecular formula is C15H21FN2OS. The minimum absolute atomic E-state index is 0.0444. The van der Waals surface area contributed by atoms with E-state index >= 15 is 0 Å². The standard InChI is InChI=1S/C15H21FN2OS/c16-13-3-1-11(2-4-13)14(18-17)12-5-7-19-15(9-12)6-8-20-10-15/h1-4,12,14,18H,5-10,17H2. The normalized spacial score (nSPS) is 31.6. The Balaban J connectivity index is 1.76. The number of rotatable bonds is 3. The summed E-state index contributed by atoms with van der Waals surface area (Å²) in [6.07, 6.45) is 3.17. The summed E-state index contributed by atoms with van der Waals surface area (Å²) in [4.78, 5) is 0. The fourth-order valence-corrected chi connectivity index (χ4v) is 4.77. The topological polar surface area (TPSA) is 47.3 Å². The second kappa shape index (κ2) is 6.02. The number of nitrogens with one attached hydrogen (secondary N) is 1. The van der Waals surface area contributed by atoms with Crippen LogP contribution >= 0.6 is 11.8 Å². The number of hydrogen-bond donors (Lipinski definition) is 2. The van der Waals surface area contributed by atoms with Crippen molar-refractivity contribution < 1.29 is 9.13 Å². The average molecular weight is 296 g/mol. The summed E-state index contributed by atoms with van der Waals surface area (Å²) in [7, 11) is 0. The molecule has 0 radical (unpaired) electrons. The first-order valence-electron chi connectivity index (χ1n) is 7.16. The van der Waals surface area contributed by atoms with Gasteiger partial charge in [-0.3, -0.25) is 11.3 Å². The Morgan fingerprint density at radius 1 is 1.40 bits per heavy atom. The Kier molecular flexibility index (Phi) is 4.31. The van der Waals surface area contributed by atoms with Crippen molar-refractivity contribution >= 4 is 11.8 Å². The fraction of sp³-hybridized carbons (Fsp3) is 0.600. The van der Waals surface area contributed by atoms with E-state index < -0.39 is 0 Å². The monoisotopic (exact) mass is 296 g/mol. The molecule has 3 rings (SSSR count). The molecule has 1 aromatic carbocycles. The van der Waals surface area contributed by atoms with E-state index in [1.54, 1.807) is 0 Å². The number of halogens is 1. The second-order valence-electron chi connectivity index (χ2n) is 5.78. The molecule has 0 bridgehead atoms. The third kappa shape index (κ3) is 2.86. The van der Waals surface area contributed by atoms with Crippen molar-refractivity contribution in [3.63, 3.8) is 0 Å². The van der Waals surface area contributed by atoms with E-state index in [-0.39, 0.29) is 17.5 Å². The maximum atomic E-state index is 13.1. The molecule has 0 aromatic heterocycles. The van der Waals surface area contributed by atoms with Crippen molar-refractivity contribution in [2.45, 2.75) is 30.9 Å². The molecule has 2 aliphatic heterocycles. The Bertz CT molecular complexity index is 448. The van der Waals surface area contributed by atoms with E-state index in [1.807, 2.05) is 23.9 Å². The Labute approximate surface area is 123 Å². The van der Waals surface area contributed by atoms with Gasteiger partial charge in [-0.05, 0) is 48.6 Å². The highest BCUT2D eigenvalue weighted by molar-refractivity contribution is 7.99. The molecular weight excluding hydrogens is 275 g/mol. The van der Waals surface area contributed by atoms with Gasteiger partial charge in [0.2, 0.25) is 0 Å². The van der Waals surface area contributed by atoms with Crippen LogP contribution < -0.4 is 11.3 Å². The summed E-state index contributed by atoms with van der Waals surface area (Å²) in [6.45, 7) is 0.796. The smallest absolute Gasteiger partial charge is 0.123 e. The van der Waals surface area contributed by atoms with Crippen molar-refractivity contribution in [3.8, 4) is 0 Å². The number of thioether (sulfide) groups is 1. The lowest BCUT2D eigenvalue weighted by Crippen LogP contribution is -2.45. The van der Waals surface area contributed by atoms with Crippen LogP contribution in [0.15, 0.2) is 24.3 Å². The molecule has 0 amide bonds. The SMILES string of the molecule is NNC(c1ccc(F)cc1)C1CCOC2(CCSC2)C1. The predicted octanol–water partition coefficient (Wildman–Crippen LogP) is 2.63. The van der Waals surface area contributed by atoms with Crippen LogP contribution in [0.5, 0.6) is 0 Å².